The van der Waals surface area contributed by atoms with E-state index < -0.39 is 5.97 Å². The smallest absolute Gasteiger partial charge is 0.303 e. The SMILES string of the molecule is O=C(O)CCCCCCCCCc1cc(-c2ccncc2)ccn1. The van der Waals surface area contributed by atoms with Gasteiger partial charge in [0.15, 0.2) is 0 Å². The molecule has 0 aliphatic carbocycles. The Morgan fingerprint density at radius 1 is 0.833 bits per heavy atom. The minimum Gasteiger partial charge on any atom is -0.481 e. The largest absolute Gasteiger partial charge is 0.481 e. The molecule has 1 N–H and O–H groups in total. The van der Waals surface area contributed by atoms with Crippen molar-refractivity contribution in [2.75, 3.05) is 0 Å². The van der Waals surface area contributed by atoms with Crippen LogP contribution < -0.4 is 0 Å². The summed E-state index contributed by atoms with van der Waals surface area (Å²) in [6.45, 7) is 0. The Labute approximate surface area is 144 Å². The maximum atomic E-state index is 10.4. The van der Waals surface area contributed by atoms with Gasteiger partial charge in [0.1, 0.15) is 0 Å². The number of hydrogen-bond acceptors (Lipinski definition) is 3. The zero-order valence-electron chi connectivity index (χ0n) is 14.2. The molecule has 0 atom stereocenters. The Bertz CT molecular complexity index is 614. The summed E-state index contributed by atoms with van der Waals surface area (Å²) >= 11 is 0. The van der Waals surface area contributed by atoms with Crippen molar-refractivity contribution >= 4 is 5.97 Å². The number of aryl methyl sites for hydroxylation is 1. The zero-order chi connectivity index (χ0) is 17.0. The van der Waals surface area contributed by atoms with Crippen molar-refractivity contribution < 1.29 is 9.90 Å². The van der Waals surface area contributed by atoms with E-state index in [9.17, 15) is 4.79 Å². The molecule has 24 heavy (non-hydrogen) atoms. The van der Waals surface area contributed by atoms with Gasteiger partial charge in [-0.1, -0.05) is 32.1 Å². The summed E-state index contributed by atoms with van der Waals surface area (Å²) in [5.41, 5.74) is 3.52. The number of hydrogen-bond donors (Lipinski definition) is 1. The Balaban J connectivity index is 1.62. The van der Waals surface area contributed by atoms with E-state index in [1.807, 2.05) is 36.8 Å². The van der Waals surface area contributed by atoms with Crippen molar-refractivity contribution in [1.29, 1.82) is 0 Å². The molecule has 2 aromatic heterocycles. The average Bonchev–Trinajstić information content (AvgIpc) is 2.61. The number of carbonyl (C=O) groups is 1. The Morgan fingerprint density at radius 3 is 2.17 bits per heavy atom. The van der Waals surface area contributed by atoms with Gasteiger partial charge in [0.2, 0.25) is 0 Å². The second-order valence-corrected chi connectivity index (χ2v) is 6.14. The van der Waals surface area contributed by atoms with E-state index >= 15 is 0 Å². The Morgan fingerprint density at radius 2 is 1.46 bits per heavy atom. The molecule has 0 aliphatic rings. The summed E-state index contributed by atoms with van der Waals surface area (Å²) in [4.78, 5) is 18.9. The lowest BCUT2D eigenvalue weighted by Crippen LogP contribution is -1.93. The van der Waals surface area contributed by atoms with Crippen LogP contribution in [-0.2, 0) is 11.2 Å². The van der Waals surface area contributed by atoms with E-state index in [0.29, 0.717) is 6.42 Å². The molecule has 2 heterocycles. The van der Waals surface area contributed by atoms with E-state index in [-0.39, 0.29) is 0 Å². The second kappa shape index (κ2) is 10.5. The first kappa shape index (κ1) is 18.1. The van der Waals surface area contributed by atoms with Gasteiger partial charge in [-0.2, -0.15) is 0 Å². The molecule has 0 bridgehead atoms. The number of rotatable bonds is 11. The summed E-state index contributed by atoms with van der Waals surface area (Å²) in [6.07, 6.45) is 14.6. The molecular weight excluding hydrogens is 300 g/mol. The van der Waals surface area contributed by atoms with Gasteiger partial charge in [0.25, 0.3) is 0 Å². The molecule has 0 unspecified atom stereocenters. The first-order valence-electron chi connectivity index (χ1n) is 8.83. The number of unbranched alkanes of at least 4 members (excludes halogenated alkanes) is 6. The third-order valence-electron chi connectivity index (χ3n) is 4.15. The summed E-state index contributed by atoms with van der Waals surface area (Å²) in [5, 5.41) is 8.58. The summed E-state index contributed by atoms with van der Waals surface area (Å²) < 4.78 is 0. The monoisotopic (exact) mass is 326 g/mol. The van der Waals surface area contributed by atoms with E-state index in [1.165, 1.54) is 30.4 Å². The molecule has 4 nitrogen and oxygen atoms in total. The number of carboxylic acid groups (broad SMARTS) is 1. The lowest BCUT2D eigenvalue weighted by molar-refractivity contribution is -0.137. The first-order chi connectivity index (χ1) is 11.8. The fourth-order valence-corrected chi connectivity index (χ4v) is 2.81. The van der Waals surface area contributed by atoms with Crippen LogP contribution in [0, 0.1) is 0 Å². The van der Waals surface area contributed by atoms with Gasteiger partial charge in [0.05, 0.1) is 0 Å². The molecule has 128 valence electrons. The molecule has 2 aromatic rings. The van der Waals surface area contributed by atoms with Gasteiger partial charge < -0.3 is 5.11 Å². The van der Waals surface area contributed by atoms with Crippen molar-refractivity contribution in [3.63, 3.8) is 0 Å². The quantitative estimate of drug-likeness (QED) is 0.597. The number of aromatic nitrogens is 2. The summed E-state index contributed by atoms with van der Waals surface area (Å²) in [7, 11) is 0. The molecule has 0 saturated heterocycles. The normalized spacial score (nSPS) is 10.7. The topological polar surface area (TPSA) is 63.1 Å². The fourth-order valence-electron chi connectivity index (χ4n) is 2.81. The lowest BCUT2D eigenvalue weighted by atomic mass is 10.0. The standard InChI is InChI=1S/C20H26N2O2/c23-20(24)9-7-5-3-1-2-4-6-8-19-16-18(12-15-22-19)17-10-13-21-14-11-17/h10-16H,1-9H2,(H,23,24). The first-order valence-corrected chi connectivity index (χ1v) is 8.83. The van der Waals surface area contributed by atoms with E-state index in [0.717, 1.165) is 37.8 Å². The molecule has 0 spiro atoms. The van der Waals surface area contributed by atoms with Crippen LogP contribution in [0.2, 0.25) is 0 Å². The number of pyridine rings is 2. The van der Waals surface area contributed by atoms with Gasteiger partial charge in [0, 0.05) is 30.7 Å². The third-order valence-corrected chi connectivity index (χ3v) is 4.15. The van der Waals surface area contributed by atoms with Crippen molar-refractivity contribution in [3.05, 3.63) is 48.5 Å². The van der Waals surface area contributed by atoms with Crippen LogP contribution in [0.5, 0.6) is 0 Å². The minimum atomic E-state index is -0.684. The predicted octanol–water partition coefficient (Wildman–Crippen LogP) is 4.89. The van der Waals surface area contributed by atoms with Crippen molar-refractivity contribution in [1.82, 2.24) is 9.97 Å². The van der Waals surface area contributed by atoms with Crippen molar-refractivity contribution in [2.24, 2.45) is 0 Å². The third kappa shape index (κ3) is 6.90. The van der Waals surface area contributed by atoms with Gasteiger partial charge in [-0.15, -0.1) is 0 Å². The van der Waals surface area contributed by atoms with Crippen LogP contribution >= 0.6 is 0 Å². The summed E-state index contributed by atoms with van der Waals surface area (Å²) in [6, 6.07) is 8.24. The highest BCUT2D eigenvalue weighted by atomic mass is 16.4. The molecular formula is C20H26N2O2. The lowest BCUT2D eigenvalue weighted by Gasteiger charge is -2.05. The van der Waals surface area contributed by atoms with Crippen LogP contribution in [0.15, 0.2) is 42.9 Å². The molecule has 0 saturated carbocycles. The van der Waals surface area contributed by atoms with E-state index in [2.05, 4.69) is 16.0 Å². The molecule has 0 fully saturated rings. The highest BCUT2D eigenvalue weighted by Crippen LogP contribution is 2.19. The van der Waals surface area contributed by atoms with Crippen molar-refractivity contribution in [2.45, 2.75) is 57.8 Å². The molecule has 0 aromatic carbocycles. The molecule has 0 radical (unpaired) electrons. The number of aliphatic carboxylic acids is 1. The van der Waals surface area contributed by atoms with Crippen LogP contribution in [0.4, 0.5) is 0 Å². The number of nitrogens with zero attached hydrogens (tertiary/aromatic N) is 2. The number of carboxylic acids is 1. The van der Waals surface area contributed by atoms with Gasteiger partial charge in [-0.25, -0.2) is 0 Å². The maximum Gasteiger partial charge on any atom is 0.303 e. The Kier molecular flexibility index (Phi) is 7.94. The van der Waals surface area contributed by atoms with Crippen LogP contribution in [0.25, 0.3) is 11.1 Å². The fraction of sp³-hybridized carbons (Fsp3) is 0.450. The van der Waals surface area contributed by atoms with Gasteiger partial charge in [-0.05, 0) is 54.7 Å². The zero-order valence-corrected chi connectivity index (χ0v) is 14.2. The average molecular weight is 326 g/mol. The molecule has 0 amide bonds. The van der Waals surface area contributed by atoms with Crippen LogP contribution in [0.3, 0.4) is 0 Å². The second-order valence-electron chi connectivity index (χ2n) is 6.14. The predicted molar refractivity (Wildman–Crippen MR) is 95.7 cm³/mol. The molecule has 0 aliphatic heterocycles. The van der Waals surface area contributed by atoms with Crippen LogP contribution in [0.1, 0.15) is 57.1 Å². The highest BCUT2D eigenvalue weighted by molar-refractivity contribution is 5.66. The van der Waals surface area contributed by atoms with Gasteiger partial charge in [-0.3, -0.25) is 14.8 Å². The molecule has 2 rings (SSSR count). The minimum absolute atomic E-state index is 0.305. The maximum absolute atomic E-state index is 10.4. The highest BCUT2D eigenvalue weighted by Gasteiger charge is 2.01. The van der Waals surface area contributed by atoms with E-state index in [1.54, 1.807) is 0 Å². The van der Waals surface area contributed by atoms with Gasteiger partial charge >= 0.3 is 5.97 Å². The Hall–Kier alpha value is -2.23. The molecule has 4 heteroatoms. The summed E-state index contributed by atoms with van der Waals surface area (Å²) in [5.74, 6) is -0.684. The van der Waals surface area contributed by atoms with Crippen molar-refractivity contribution in [3.8, 4) is 11.1 Å². The van der Waals surface area contributed by atoms with Crippen LogP contribution in [-0.4, -0.2) is 21.0 Å². The van der Waals surface area contributed by atoms with E-state index in [4.69, 9.17) is 5.11 Å².